The van der Waals surface area contributed by atoms with Gasteiger partial charge in [-0.3, -0.25) is 9.48 Å². The van der Waals surface area contributed by atoms with Gasteiger partial charge in [0.25, 0.3) is 5.91 Å². The fourth-order valence-corrected chi connectivity index (χ4v) is 1.81. The van der Waals surface area contributed by atoms with Gasteiger partial charge in [-0.15, -0.1) is 11.6 Å². The van der Waals surface area contributed by atoms with E-state index in [1.54, 1.807) is 10.9 Å². The molecule has 1 saturated carbocycles. The molecule has 4 nitrogen and oxygen atoms in total. The van der Waals surface area contributed by atoms with Crippen molar-refractivity contribution < 1.29 is 4.79 Å². The van der Waals surface area contributed by atoms with E-state index in [9.17, 15) is 4.79 Å². The van der Waals surface area contributed by atoms with Crippen molar-refractivity contribution in [1.29, 1.82) is 0 Å². The summed E-state index contributed by atoms with van der Waals surface area (Å²) < 4.78 is 1.69. The molecule has 5 heteroatoms. The SMILES string of the molecule is Cc1c(C(=O)NC2(CCl)CC2)cnn1C. The molecule has 0 aliphatic heterocycles. The van der Waals surface area contributed by atoms with Gasteiger partial charge in [0, 0.05) is 18.6 Å². The van der Waals surface area contributed by atoms with E-state index in [4.69, 9.17) is 11.6 Å². The first-order valence-electron chi connectivity index (χ1n) is 4.95. The minimum absolute atomic E-state index is 0.0706. The maximum absolute atomic E-state index is 11.9. The van der Waals surface area contributed by atoms with E-state index >= 15 is 0 Å². The number of halogens is 1. The molecule has 1 heterocycles. The van der Waals surface area contributed by atoms with Crippen LogP contribution >= 0.6 is 11.6 Å². The standard InChI is InChI=1S/C10H14ClN3O/c1-7-8(5-12-14(7)2)9(15)13-10(6-11)3-4-10/h5H,3-4,6H2,1-2H3,(H,13,15). The number of nitrogens with zero attached hydrogens (tertiary/aromatic N) is 2. The Kier molecular flexibility index (Phi) is 2.46. The lowest BCUT2D eigenvalue weighted by molar-refractivity contribution is 0.0935. The predicted octanol–water partition coefficient (Wildman–Crippen LogP) is 1.23. The van der Waals surface area contributed by atoms with Crippen LogP contribution in [-0.2, 0) is 7.05 Å². The van der Waals surface area contributed by atoms with Gasteiger partial charge in [-0.1, -0.05) is 0 Å². The summed E-state index contributed by atoms with van der Waals surface area (Å²) >= 11 is 5.80. The maximum Gasteiger partial charge on any atom is 0.255 e. The van der Waals surface area contributed by atoms with Gasteiger partial charge in [-0.2, -0.15) is 5.10 Å². The first-order valence-corrected chi connectivity index (χ1v) is 5.48. The van der Waals surface area contributed by atoms with Crippen LogP contribution in [0.2, 0.25) is 0 Å². The fourth-order valence-electron chi connectivity index (χ4n) is 1.47. The van der Waals surface area contributed by atoms with E-state index in [0.717, 1.165) is 18.5 Å². The van der Waals surface area contributed by atoms with Gasteiger partial charge < -0.3 is 5.32 Å². The lowest BCUT2D eigenvalue weighted by Gasteiger charge is -2.13. The van der Waals surface area contributed by atoms with Crippen LogP contribution in [0.25, 0.3) is 0 Å². The average molecular weight is 228 g/mol. The third-order valence-corrected chi connectivity index (χ3v) is 3.48. The van der Waals surface area contributed by atoms with Gasteiger partial charge in [0.2, 0.25) is 0 Å². The monoisotopic (exact) mass is 227 g/mol. The zero-order chi connectivity index (χ0) is 11.1. The number of carbonyl (C=O) groups excluding carboxylic acids is 1. The Balaban J connectivity index is 2.12. The highest BCUT2D eigenvalue weighted by molar-refractivity contribution is 6.19. The first-order chi connectivity index (χ1) is 7.08. The van der Waals surface area contributed by atoms with Crippen LogP contribution in [0.3, 0.4) is 0 Å². The minimum atomic E-state index is -0.152. The second-order valence-corrected chi connectivity index (χ2v) is 4.40. The topological polar surface area (TPSA) is 46.9 Å². The number of rotatable bonds is 3. The Hall–Kier alpha value is -1.03. The Morgan fingerprint density at radius 1 is 1.73 bits per heavy atom. The molecule has 0 saturated heterocycles. The number of aromatic nitrogens is 2. The van der Waals surface area contributed by atoms with Gasteiger partial charge in [0.05, 0.1) is 17.3 Å². The van der Waals surface area contributed by atoms with Crippen molar-refractivity contribution >= 4 is 17.5 Å². The molecule has 1 aliphatic carbocycles. The van der Waals surface area contributed by atoms with E-state index in [0.29, 0.717) is 11.4 Å². The molecule has 1 fully saturated rings. The van der Waals surface area contributed by atoms with Gasteiger partial charge in [0.1, 0.15) is 0 Å². The predicted molar refractivity (Wildman–Crippen MR) is 58.1 cm³/mol. The Labute approximate surface area is 93.6 Å². The van der Waals surface area contributed by atoms with Crippen LogP contribution in [0, 0.1) is 6.92 Å². The zero-order valence-corrected chi connectivity index (χ0v) is 9.64. The van der Waals surface area contributed by atoms with Gasteiger partial charge in [0.15, 0.2) is 0 Å². The quantitative estimate of drug-likeness (QED) is 0.790. The summed E-state index contributed by atoms with van der Waals surface area (Å²) in [6.45, 7) is 1.88. The Morgan fingerprint density at radius 2 is 2.40 bits per heavy atom. The summed E-state index contributed by atoms with van der Waals surface area (Å²) in [5, 5.41) is 7.00. The molecule has 0 bridgehead atoms. The van der Waals surface area contributed by atoms with Crippen LogP contribution in [0.5, 0.6) is 0 Å². The van der Waals surface area contributed by atoms with E-state index in [-0.39, 0.29) is 11.4 Å². The van der Waals surface area contributed by atoms with Crippen molar-refractivity contribution in [2.75, 3.05) is 5.88 Å². The highest BCUT2D eigenvalue weighted by atomic mass is 35.5. The first kappa shape index (κ1) is 10.5. The lowest BCUT2D eigenvalue weighted by Crippen LogP contribution is -2.38. The van der Waals surface area contributed by atoms with Crippen LogP contribution in [0.4, 0.5) is 0 Å². The number of hydrogen-bond donors (Lipinski definition) is 1. The molecule has 1 aromatic rings. The van der Waals surface area contributed by atoms with E-state index < -0.39 is 0 Å². The third kappa shape index (κ3) is 1.86. The summed E-state index contributed by atoms with van der Waals surface area (Å²) in [6.07, 6.45) is 3.54. The molecule has 82 valence electrons. The van der Waals surface area contributed by atoms with Crippen molar-refractivity contribution in [1.82, 2.24) is 15.1 Å². The van der Waals surface area contributed by atoms with E-state index in [2.05, 4.69) is 10.4 Å². The summed E-state index contributed by atoms with van der Waals surface area (Å²) in [6, 6.07) is 0. The lowest BCUT2D eigenvalue weighted by atomic mass is 10.2. The molecule has 2 rings (SSSR count). The summed E-state index contributed by atoms with van der Waals surface area (Å²) in [5.74, 6) is 0.414. The van der Waals surface area contributed by atoms with Crippen LogP contribution < -0.4 is 5.32 Å². The van der Waals surface area contributed by atoms with E-state index in [1.807, 2.05) is 14.0 Å². The largest absolute Gasteiger partial charge is 0.345 e. The second kappa shape index (κ2) is 3.52. The number of amides is 1. The molecule has 0 spiro atoms. The second-order valence-electron chi connectivity index (χ2n) is 4.14. The van der Waals surface area contributed by atoms with Gasteiger partial charge >= 0.3 is 0 Å². The van der Waals surface area contributed by atoms with Crippen molar-refractivity contribution in [2.45, 2.75) is 25.3 Å². The maximum atomic E-state index is 11.9. The highest BCUT2D eigenvalue weighted by Crippen LogP contribution is 2.36. The van der Waals surface area contributed by atoms with Crippen molar-refractivity contribution in [3.63, 3.8) is 0 Å². The molecule has 1 N–H and O–H groups in total. The molecule has 1 amide bonds. The van der Waals surface area contributed by atoms with Gasteiger partial charge in [-0.05, 0) is 19.8 Å². The number of nitrogens with one attached hydrogen (secondary N) is 1. The molecule has 0 unspecified atom stereocenters. The zero-order valence-electron chi connectivity index (χ0n) is 8.88. The molecule has 1 aromatic heterocycles. The summed E-state index contributed by atoms with van der Waals surface area (Å²) in [7, 11) is 1.82. The third-order valence-electron chi connectivity index (χ3n) is 2.97. The van der Waals surface area contributed by atoms with Crippen molar-refractivity contribution in [2.24, 2.45) is 7.05 Å². The summed E-state index contributed by atoms with van der Waals surface area (Å²) in [5.41, 5.74) is 1.35. The highest BCUT2D eigenvalue weighted by Gasteiger charge is 2.43. The Morgan fingerprint density at radius 3 is 2.80 bits per heavy atom. The molecule has 1 aliphatic rings. The average Bonchev–Trinajstić information content (AvgIpc) is 2.90. The molecule has 15 heavy (non-hydrogen) atoms. The molecular weight excluding hydrogens is 214 g/mol. The summed E-state index contributed by atoms with van der Waals surface area (Å²) in [4.78, 5) is 11.9. The van der Waals surface area contributed by atoms with Crippen LogP contribution in [0.15, 0.2) is 6.20 Å². The van der Waals surface area contributed by atoms with Crippen molar-refractivity contribution in [3.8, 4) is 0 Å². The number of carbonyl (C=O) groups is 1. The molecule has 0 atom stereocenters. The number of hydrogen-bond acceptors (Lipinski definition) is 2. The van der Waals surface area contributed by atoms with Crippen LogP contribution in [-0.4, -0.2) is 27.1 Å². The number of aryl methyl sites for hydroxylation is 1. The Bertz CT molecular complexity index is 395. The van der Waals surface area contributed by atoms with Crippen LogP contribution in [0.1, 0.15) is 28.9 Å². The van der Waals surface area contributed by atoms with Crippen molar-refractivity contribution in [3.05, 3.63) is 17.5 Å². The fraction of sp³-hybridized carbons (Fsp3) is 0.600. The molecule has 0 radical (unpaired) electrons. The smallest absolute Gasteiger partial charge is 0.255 e. The number of alkyl halides is 1. The molecular formula is C10H14ClN3O. The minimum Gasteiger partial charge on any atom is -0.345 e. The van der Waals surface area contributed by atoms with E-state index in [1.165, 1.54) is 0 Å². The van der Waals surface area contributed by atoms with Gasteiger partial charge in [-0.25, -0.2) is 0 Å². The molecule has 0 aromatic carbocycles. The normalized spacial score (nSPS) is 17.5.